The first-order valence-corrected chi connectivity index (χ1v) is 8.77. The zero-order chi connectivity index (χ0) is 16.2. The number of piperidine rings is 1. The number of hydrogen-bond acceptors (Lipinski definition) is 2. The van der Waals surface area contributed by atoms with E-state index in [1.54, 1.807) is 4.90 Å². The smallest absolute Gasteiger partial charge is 0.306 e. The molecule has 0 bridgehead atoms. The predicted molar refractivity (Wildman–Crippen MR) is 88.5 cm³/mol. The Morgan fingerprint density at radius 1 is 0.913 bits per heavy atom. The molecule has 1 aliphatic carbocycles. The number of carbonyl (C=O) groups excluding carboxylic acids is 1. The van der Waals surface area contributed by atoms with E-state index in [4.69, 9.17) is 5.11 Å². The number of carbonyl (C=O) groups is 2. The van der Waals surface area contributed by atoms with Crippen LogP contribution in [0.1, 0.15) is 66.8 Å². The highest BCUT2D eigenvalue weighted by Gasteiger charge is 2.27. The average molecular weight is 315 g/mol. The molecule has 23 heavy (non-hydrogen) atoms. The molecule has 0 aromatic heterocycles. The molecule has 0 radical (unpaired) electrons. The third-order valence-electron chi connectivity index (χ3n) is 5.37. The molecule has 0 atom stereocenters. The number of nitrogens with zero attached hydrogens (tertiary/aromatic N) is 1. The highest BCUT2D eigenvalue weighted by molar-refractivity contribution is 5.94. The Balaban J connectivity index is 1.60. The Morgan fingerprint density at radius 2 is 1.52 bits per heavy atom. The van der Waals surface area contributed by atoms with Gasteiger partial charge in [0.2, 0.25) is 0 Å². The molecule has 0 unspecified atom stereocenters. The molecule has 1 aliphatic heterocycles. The summed E-state index contributed by atoms with van der Waals surface area (Å²) >= 11 is 0. The van der Waals surface area contributed by atoms with Gasteiger partial charge in [0.25, 0.3) is 5.91 Å². The molecule has 1 heterocycles. The molecule has 2 aliphatic rings. The number of likely N-dealkylation sites (tertiary alicyclic amines) is 1. The second-order valence-electron chi connectivity index (χ2n) is 6.86. The van der Waals surface area contributed by atoms with Gasteiger partial charge >= 0.3 is 5.97 Å². The molecule has 1 aromatic rings. The van der Waals surface area contributed by atoms with E-state index in [0.717, 1.165) is 5.56 Å². The first-order chi connectivity index (χ1) is 11.1. The molecular weight excluding hydrogens is 290 g/mol. The van der Waals surface area contributed by atoms with E-state index < -0.39 is 5.97 Å². The minimum Gasteiger partial charge on any atom is -0.481 e. The summed E-state index contributed by atoms with van der Waals surface area (Å²) in [5.41, 5.74) is 2.07. The quantitative estimate of drug-likeness (QED) is 0.926. The number of aliphatic carboxylic acids is 1. The van der Waals surface area contributed by atoms with Crippen molar-refractivity contribution in [1.29, 1.82) is 0 Å². The van der Waals surface area contributed by atoms with E-state index in [2.05, 4.69) is 12.1 Å². The van der Waals surface area contributed by atoms with Crippen molar-refractivity contribution in [2.45, 2.75) is 50.9 Å². The van der Waals surface area contributed by atoms with E-state index in [9.17, 15) is 9.59 Å². The largest absolute Gasteiger partial charge is 0.481 e. The Labute approximate surface area is 137 Å². The van der Waals surface area contributed by atoms with Gasteiger partial charge in [0.15, 0.2) is 0 Å². The lowest BCUT2D eigenvalue weighted by Crippen LogP contribution is -2.40. The van der Waals surface area contributed by atoms with Gasteiger partial charge in [-0.2, -0.15) is 0 Å². The van der Waals surface area contributed by atoms with Gasteiger partial charge in [-0.3, -0.25) is 9.59 Å². The Kier molecular flexibility index (Phi) is 4.99. The molecule has 2 fully saturated rings. The third-order valence-corrected chi connectivity index (χ3v) is 5.37. The lowest BCUT2D eigenvalue weighted by molar-refractivity contribution is -0.143. The van der Waals surface area contributed by atoms with Crippen LogP contribution in [0.4, 0.5) is 0 Å². The van der Waals surface area contributed by atoms with Gasteiger partial charge in [-0.1, -0.05) is 31.4 Å². The molecule has 1 aromatic carbocycles. The van der Waals surface area contributed by atoms with Crippen LogP contribution in [-0.4, -0.2) is 35.0 Å². The van der Waals surface area contributed by atoms with Crippen LogP contribution >= 0.6 is 0 Å². The van der Waals surface area contributed by atoms with Gasteiger partial charge in [-0.05, 0) is 49.3 Å². The number of carboxylic acid groups (broad SMARTS) is 1. The predicted octanol–water partition coefficient (Wildman–Crippen LogP) is 3.67. The van der Waals surface area contributed by atoms with Crippen molar-refractivity contribution >= 4 is 11.9 Å². The standard InChI is InChI=1S/C19H25NO3/c21-18(20-12-10-17(11-13-20)19(22)23)16-8-6-15(7-9-16)14-4-2-1-3-5-14/h6-9,14,17H,1-5,10-13H2,(H,22,23). The summed E-state index contributed by atoms with van der Waals surface area (Å²) in [6.07, 6.45) is 7.60. The van der Waals surface area contributed by atoms with Crippen LogP contribution < -0.4 is 0 Å². The molecule has 4 nitrogen and oxygen atoms in total. The van der Waals surface area contributed by atoms with Crippen LogP contribution in [0.2, 0.25) is 0 Å². The van der Waals surface area contributed by atoms with Crippen LogP contribution in [0.15, 0.2) is 24.3 Å². The SMILES string of the molecule is O=C(O)C1CCN(C(=O)c2ccc(C3CCCCC3)cc2)CC1. The lowest BCUT2D eigenvalue weighted by Gasteiger charge is -2.30. The van der Waals surface area contributed by atoms with Gasteiger partial charge in [0.05, 0.1) is 5.92 Å². The van der Waals surface area contributed by atoms with Crippen molar-refractivity contribution in [3.05, 3.63) is 35.4 Å². The second-order valence-corrected chi connectivity index (χ2v) is 6.86. The van der Waals surface area contributed by atoms with Crippen molar-refractivity contribution < 1.29 is 14.7 Å². The Morgan fingerprint density at radius 3 is 2.09 bits per heavy atom. The summed E-state index contributed by atoms with van der Waals surface area (Å²) in [5.74, 6) is -0.357. The minimum atomic E-state index is -0.742. The van der Waals surface area contributed by atoms with Crippen LogP contribution in [-0.2, 0) is 4.79 Å². The molecule has 1 saturated heterocycles. The van der Waals surface area contributed by atoms with E-state index in [1.807, 2.05) is 12.1 Å². The van der Waals surface area contributed by atoms with Crippen molar-refractivity contribution in [2.75, 3.05) is 13.1 Å². The van der Waals surface area contributed by atoms with Gasteiger partial charge < -0.3 is 10.0 Å². The van der Waals surface area contributed by atoms with Crippen molar-refractivity contribution in [3.63, 3.8) is 0 Å². The fourth-order valence-electron chi connectivity index (χ4n) is 3.85. The summed E-state index contributed by atoms with van der Waals surface area (Å²) in [5, 5.41) is 9.03. The number of rotatable bonds is 3. The molecule has 124 valence electrons. The maximum absolute atomic E-state index is 12.5. The van der Waals surface area contributed by atoms with E-state index in [0.29, 0.717) is 31.8 Å². The van der Waals surface area contributed by atoms with Crippen LogP contribution in [0.5, 0.6) is 0 Å². The average Bonchev–Trinajstić information content (AvgIpc) is 2.62. The Bertz CT molecular complexity index is 552. The van der Waals surface area contributed by atoms with Crippen LogP contribution in [0, 0.1) is 5.92 Å². The van der Waals surface area contributed by atoms with Gasteiger partial charge in [0, 0.05) is 18.7 Å². The molecule has 1 N–H and O–H groups in total. The lowest BCUT2D eigenvalue weighted by atomic mass is 9.84. The molecule has 1 amide bonds. The van der Waals surface area contributed by atoms with Gasteiger partial charge in [0.1, 0.15) is 0 Å². The van der Waals surface area contributed by atoms with E-state index in [-0.39, 0.29) is 11.8 Å². The molecule has 3 rings (SSSR count). The second kappa shape index (κ2) is 7.16. The van der Waals surface area contributed by atoms with Crippen LogP contribution in [0.3, 0.4) is 0 Å². The van der Waals surface area contributed by atoms with Gasteiger partial charge in [-0.15, -0.1) is 0 Å². The summed E-state index contributed by atoms with van der Waals surface area (Å²) < 4.78 is 0. The fraction of sp³-hybridized carbons (Fsp3) is 0.579. The first-order valence-electron chi connectivity index (χ1n) is 8.77. The molecule has 4 heteroatoms. The normalized spacial score (nSPS) is 20.4. The molecule has 1 saturated carbocycles. The highest BCUT2D eigenvalue weighted by Crippen LogP contribution is 2.32. The fourth-order valence-corrected chi connectivity index (χ4v) is 3.85. The van der Waals surface area contributed by atoms with Crippen molar-refractivity contribution in [2.24, 2.45) is 5.92 Å². The number of benzene rings is 1. The number of hydrogen-bond donors (Lipinski definition) is 1. The van der Waals surface area contributed by atoms with E-state index in [1.165, 1.54) is 37.7 Å². The maximum Gasteiger partial charge on any atom is 0.306 e. The molecular formula is C19H25NO3. The van der Waals surface area contributed by atoms with Crippen LogP contribution in [0.25, 0.3) is 0 Å². The maximum atomic E-state index is 12.5. The summed E-state index contributed by atoms with van der Waals surface area (Å²) in [7, 11) is 0. The summed E-state index contributed by atoms with van der Waals surface area (Å²) in [6.45, 7) is 1.08. The topological polar surface area (TPSA) is 57.6 Å². The van der Waals surface area contributed by atoms with Gasteiger partial charge in [-0.25, -0.2) is 0 Å². The number of amides is 1. The highest BCUT2D eigenvalue weighted by atomic mass is 16.4. The monoisotopic (exact) mass is 315 g/mol. The number of carboxylic acids is 1. The third kappa shape index (κ3) is 3.74. The van der Waals surface area contributed by atoms with E-state index >= 15 is 0 Å². The minimum absolute atomic E-state index is 0.0315. The Hall–Kier alpha value is -1.84. The first kappa shape index (κ1) is 16.0. The molecule has 0 spiro atoms. The van der Waals surface area contributed by atoms with Crippen molar-refractivity contribution in [3.8, 4) is 0 Å². The summed E-state index contributed by atoms with van der Waals surface area (Å²) in [4.78, 5) is 25.3. The van der Waals surface area contributed by atoms with Crippen molar-refractivity contribution in [1.82, 2.24) is 4.90 Å². The zero-order valence-corrected chi connectivity index (χ0v) is 13.5. The zero-order valence-electron chi connectivity index (χ0n) is 13.5. The summed E-state index contributed by atoms with van der Waals surface area (Å²) in [6, 6.07) is 8.09.